The van der Waals surface area contributed by atoms with Gasteiger partial charge in [0.05, 0.1) is 23.8 Å². The fraction of sp³-hybridized carbons (Fsp3) is 0.600. The third-order valence-corrected chi connectivity index (χ3v) is 3.43. The van der Waals surface area contributed by atoms with Crippen molar-refractivity contribution >= 4 is 11.6 Å². The quantitative estimate of drug-likeness (QED) is 0.808. The molecule has 5 heteroatoms. The number of aliphatic hydroxyl groups is 1. The van der Waals surface area contributed by atoms with Crippen molar-refractivity contribution in [2.24, 2.45) is 11.7 Å². The lowest BCUT2D eigenvalue weighted by Gasteiger charge is -2.21. The van der Waals surface area contributed by atoms with Crippen molar-refractivity contribution in [3.63, 3.8) is 0 Å². The van der Waals surface area contributed by atoms with Gasteiger partial charge in [-0.05, 0) is 43.4 Å². The Balaban J connectivity index is 2.85. The maximum atomic E-state index is 13.9. The second-order valence-corrected chi connectivity index (χ2v) is 5.72. The van der Waals surface area contributed by atoms with Crippen LogP contribution in [-0.4, -0.2) is 17.8 Å². The molecule has 2 atom stereocenters. The summed E-state index contributed by atoms with van der Waals surface area (Å²) in [6, 6.07) is 2.18. The molecule has 0 bridgehead atoms. The van der Waals surface area contributed by atoms with E-state index in [0.717, 1.165) is 6.42 Å². The van der Waals surface area contributed by atoms with E-state index in [1.807, 2.05) is 0 Å². The standard InChI is InChI=1S/C15H23ClFNO2/c1-4-20-15-11(16)7-10(8-12(15)17)14(18)13(19)6-5-9(2)3/h7-9,13-14,19H,4-6,18H2,1-3H3/t13-,14+/m1/s1. The Morgan fingerprint density at radius 1 is 1.35 bits per heavy atom. The fourth-order valence-electron chi connectivity index (χ4n) is 1.96. The number of nitrogens with two attached hydrogens (primary N) is 1. The van der Waals surface area contributed by atoms with Gasteiger partial charge in [0.25, 0.3) is 0 Å². The Kier molecular flexibility index (Phi) is 6.72. The van der Waals surface area contributed by atoms with Gasteiger partial charge in [-0.2, -0.15) is 0 Å². The Hall–Kier alpha value is -0.840. The summed E-state index contributed by atoms with van der Waals surface area (Å²) in [5.41, 5.74) is 6.45. The first-order valence-electron chi connectivity index (χ1n) is 6.92. The average molecular weight is 304 g/mol. The van der Waals surface area contributed by atoms with Crippen LogP contribution in [0.3, 0.4) is 0 Å². The maximum Gasteiger partial charge on any atom is 0.173 e. The van der Waals surface area contributed by atoms with E-state index in [9.17, 15) is 9.50 Å². The minimum absolute atomic E-state index is 0.0294. The molecule has 1 aromatic carbocycles. The maximum absolute atomic E-state index is 13.9. The first kappa shape index (κ1) is 17.2. The lowest BCUT2D eigenvalue weighted by molar-refractivity contribution is 0.128. The van der Waals surface area contributed by atoms with E-state index in [2.05, 4.69) is 13.8 Å². The number of benzene rings is 1. The molecule has 1 rings (SSSR count). The molecule has 0 aliphatic carbocycles. The zero-order chi connectivity index (χ0) is 15.3. The van der Waals surface area contributed by atoms with Gasteiger partial charge in [-0.25, -0.2) is 4.39 Å². The first-order chi connectivity index (χ1) is 9.36. The van der Waals surface area contributed by atoms with Crippen molar-refractivity contribution in [2.75, 3.05) is 6.61 Å². The molecule has 0 heterocycles. The van der Waals surface area contributed by atoms with Crippen LogP contribution in [0.5, 0.6) is 5.75 Å². The summed E-state index contributed by atoms with van der Waals surface area (Å²) < 4.78 is 19.0. The summed E-state index contributed by atoms with van der Waals surface area (Å²) in [5.74, 6) is -0.0415. The highest BCUT2D eigenvalue weighted by atomic mass is 35.5. The zero-order valence-corrected chi connectivity index (χ0v) is 13.0. The van der Waals surface area contributed by atoms with Gasteiger partial charge in [0.1, 0.15) is 0 Å². The number of hydrogen-bond acceptors (Lipinski definition) is 3. The summed E-state index contributed by atoms with van der Waals surface area (Å²) in [4.78, 5) is 0. The number of rotatable bonds is 7. The van der Waals surface area contributed by atoms with Gasteiger partial charge in [-0.1, -0.05) is 25.4 Å². The van der Waals surface area contributed by atoms with E-state index in [0.29, 0.717) is 24.5 Å². The fourth-order valence-corrected chi connectivity index (χ4v) is 2.23. The number of aliphatic hydroxyl groups excluding tert-OH is 1. The molecule has 3 nitrogen and oxygen atoms in total. The number of halogens is 2. The monoisotopic (exact) mass is 303 g/mol. The van der Waals surface area contributed by atoms with Crippen LogP contribution in [0.1, 0.15) is 45.2 Å². The van der Waals surface area contributed by atoms with Gasteiger partial charge in [0.15, 0.2) is 11.6 Å². The Morgan fingerprint density at radius 2 is 2.00 bits per heavy atom. The summed E-state index contributed by atoms with van der Waals surface area (Å²) in [6.07, 6.45) is 0.721. The smallest absolute Gasteiger partial charge is 0.173 e. The van der Waals surface area contributed by atoms with E-state index in [1.54, 1.807) is 13.0 Å². The molecule has 0 saturated carbocycles. The van der Waals surface area contributed by atoms with Gasteiger partial charge < -0.3 is 15.6 Å². The lowest BCUT2D eigenvalue weighted by atomic mass is 9.96. The molecular formula is C15H23ClFNO2. The van der Waals surface area contributed by atoms with E-state index in [1.165, 1.54) is 6.07 Å². The van der Waals surface area contributed by atoms with Gasteiger partial charge in [0, 0.05) is 0 Å². The van der Waals surface area contributed by atoms with Crippen molar-refractivity contribution in [3.05, 3.63) is 28.5 Å². The molecule has 0 aliphatic heterocycles. The molecule has 0 fully saturated rings. The first-order valence-corrected chi connectivity index (χ1v) is 7.30. The van der Waals surface area contributed by atoms with Crippen molar-refractivity contribution < 1.29 is 14.2 Å². The van der Waals surface area contributed by atoms with Crippen LogP contribution >= 0.6 is 11.6 Å². The Morgan fingerprint density at radius 3 is 2.50 bits per heavy atom. The van der Waals surface area contributed by atoms with Gasteiger partial charge >= 0.3 is 0 Å². The molecule has 0 aromatic heterocycles. The second kappa shape index (κ2) is 7.81. The van der Waals surface area contributed by atoms with Gasteiger partial charge in [0.2, 0.25) is 0 Å². The highest BCUT2D eigenvalue weighted by molar-refractivity contribution is 6.32. The van der Waals surface area contributed by atoms with Crippen molar-refractivity contribution in [1.29, 1.82) is 0 Å². The van der Waals surface area contributed by atoms with E-state index in [-0.39, 0.29) is 10.8 Å². The third-order valence-electron chi connectivity index (χ3n) is 3.15. The molecule has 1 aromatic rings. The van der Waals surface area contributed by atoms with Crippen molar-refractivity contribution in [1.82, 2.24) is 0 Å². The van der Waals surface area contributed by atoms with Crippen LogP contribution in [0, 0.1) is 11.7 Å². The van der Waals surface area contributed by atoms with E-state index in [4.69, 9.17) is 22.1 Å². The average Bonchev–Trinajstić information content (AvgIpc) is 2.39. The summed E-state index contributed by atoms with van der Waals surface area (Å²) in [7, 11) is 0. The molecular weight excluding hydrogens is 281 g/mol. The highest BCUT2D eigenvalue weighted by Gasteiger charge is 2.20. The SMILES string of the molecule is CCOc1c(F)cc([C@H](N)[C@H](O)CCC(C)C)cc1Cl. The third kappa shape index (κ3) is 4.62. The minimum Gasteiger partial charge on any atom is -0.489 e. The topological polar surface area (TPSA) is 55.5 Å². The summed E-state index contributed by atoms with van der Waals surface area (Å²) in [6.45, 7) is 6.24. The molecule has 3 N–H and O–H groups in total. The lowest BCUT2D eigenvalue weighted by Crippen LogP contribution is -2.26. The van der Waals surface area contributed by atoms with E-state index < -0.39 is 18.0 Å². The van der Waals surface area contributed by atoms with Crippen LogP contribution in [0.2, 0.25) is 5.02 Å². The molecule has 0 spiro atoms. The molecule has 114 valence electrons. The molecule has 20 heavy (non-hydrogen) atoms. The van der Waals surface area contributed by atoms with Gasteiger partial charge in [-0.15, -0.1) is 0 Å². The van der Waals surface area contributed by atoms with Crippen LogP contribution < -0.4 is 10.5 Å². The molecule has 0 amide bonds. The largest absolute Gasteiger partial charge is 0.489 e. The second-order valence-electron chi connectivity index (χ2n) is 5.31. The van der Waals surface area contributed by atoms with Crippen molar-refractivity contribution in [2.45, 2.75) is 45.8 Å². The van der Waals surface area contributed by atoms with Crippen molar-refractivity contribution in [3.8, 4) is 5.75 Å². The molecule has 0 saturated heterocycles. The van der Waals surface area contributed by atoms with Crippen LogP contribution in [-0.2, 0) is 0 Å². The van der Waals surface area contributed by atoms with Crippen LogP contribution in [0.25, 0.3) is 0 Å². The van der Waals surface area contributed by atoms with E-state index >= 15 is 0 Å². The Labute approximate surface area is 124 Å². The molecule has 0 unspecified atom stereocenters. The zero-order valence-electron chi connectivity index (χ0n) is 12.2. The molecule has 0 radical (unpaired) electrons. The number of ether oxygens (including phenoxy) is 1. The minimum atomic E-state index is -0.717. The summed E-state index contributed by atoms with van der Waals surface area (Å²) in [5, 5.41) is 10.2. The predicted molar refractivity (Wildman–Crippen MR) is 79.6 cm³/mol. The van der Waals surface area contributed by atoms with Crippen LogP contribution in [0.4, 0.5) is 4.39 Å². The normalized spacial score (nSPS) is 14.4. The highest BCUT2D eigenvalue weighted by Crippen LogP contribution is 2.32. The van der Waals surface area contributed by atoms with Crippen LogP contribution in [0.15, 0.2) is 12.1 Å². The molecule has 0 aliphatic rings. The summed E-state index contributed by atoms with van der Waals surface area (Å²) >= 11 is 5.99. The van der Waals surface area contributed by atoms with Gasteiger partial charge in [-0.3, -0.25) is 0 Å². The number of hydrogen-bond donors (Lipinski definition) is 2. The Bertz CT molecular complexity index is 417. The predicted octanol–water partition coefficient (Wildman–Crippen LogP) is 3.67.